The molecule has 32 heavy (non-hydrogen) atoms. The predicted molar refractivity (Wildman–Crippen MR) is 126 cm³/mol. The molecule has 0 spiro atoms. The second-order valence-electron chi connectivity index (χ2n) is 7.22. The van der Waals surface area contributed by atoms with Crippen LogP contribution < -0.4 is 14.8 Å². The van der Waals surface area contributed by atoms with Crippen LogP contribution in [0.3, 0.4) is 0 Å². The lowest BCUT2D eigenvalue weighted by Crippen LogP contribution is -2.19. The lowest BCUT2D eigenvalue weighted by Gasteiger charge is -2.23. The van der Waals surface area contributed by atoms with E-state index >= 15 is 0 Å². The van der Waals surface area contributed by atoms with Gasteiger partial charge in [0.25, 0.3) is 0 Å². The lowest BCUT2D eigenvalue weighted by molar-refractivity contribution is 0.195. The van der Waals surface area contributed by atoms with Crippen LogP contribution in [0.2, 0.25) is 10.0 Å². The molecule has 2 aromatic heterocycles. The predicted octanol–water partition coefficient (Wildman–Crippen LogP) is 4.82. The molecule has 0 saturated carbocycles. The maximum Gasteiger partial charge on any atom is 0.141 e. The first kappa shape index (κ1) is 22.7. The van der Waals surface area contributed by atoms with Crippen LogP contribution in [0.1, 0.15) is 6.42 Å². The normalized spacial score (nSPS) is 15.7. The smallest absolute Gasteiger partial charge is 0.141 e. The van der Waals surface area contributed by atoms with Gasteiger partial charge in [-0.25, -0.2) is 4.98 Å². The number of aromatic nitrogens is 2. The number of rotatable bonds is 8. The highest BCUT2D eigenvalue weighted by Crippen LogP contribution is 2.46. The minimum atomic E-state index is -0.0997. The number of methoxy groups -OCH3 is 2. The van der Waals surface area contributed by atoms with Crippen LogP contribution >= 0.6 is 23.2 Å². The molecule has 1 saturated heterocycles. The highest BCUT2D eigenvalue weighted by molar-refractivity contribution is 6.41. The van der Waals surface area contributed by atoms with E-state index in [0.29, 0.717) is 51.0 Å². The number of pyridine rings is 2. The van der Waals surface area contributed by atoms with Gasteiger partial charge in [-0.05, 0) is 36.2 Å². The van der Waals surface area contributed by atoms with Gasteiger partial charge < -0.3 is 34.9 Å². The molecular weight excluding hydrogens is 455 g/mol. The molecule has 10 heteroatoms. The number of halogens is 2. The van der Waals surface area contributed by atoms with E-state index in [9.17, 15) is 5.11 Å². The van der Waals surface area contributed by atoms with Gasteiger partial charge in [0.05, 0.1) is 36.9 Å². The number of anilines is 1. The summed E-state index contributed by atoms with van der Waals surface area (Å²) in [5.41, 5.74) is 0.963. The van der Waals surface area contributed by atoms with E-state index < -0.39 is 0 Å². The molecule has 1 aromatic carbocycles. The fourth-order valence-electron chi connectivity index (χ4n) is 3.58. The van der Waals surface area contributed by atoms with Gasteiger partial charge in [0, 0.05) is 36.4 Å². The number of aliphatic hydroxyl groups excluding tert-OH is 1. The van der Waals surface area contributed by atoms with Gasteiger partial charge >= 0.3 is 0 Å². The Bertz CT molecular complexity index is 1090. The van der Waals surface area contributed by atoms with Crippen molar-refractivity contribution < 1.29 is 19.3 Å². The van der Waals surface area contributed by atoms with E-state index in [0.717, 1.165) is 23.8 Å². The monoisotopic (exact) mass is 477 g/mol. The molecule has 0 radical (unpaired) electrons. The first-order valence-electron chi connectivity index (χ1n) is 10.1. The Balaban J connectivity index is 1.84. The van der Waals surface area contributed by atoms with E-state index in [2.05, 4.69) is 15.6 Å². The molecule has 1 unspecified atom stereocenters. The average molecular weight is 478 g/mol. The Hall–Kier alpha value is -2.52. The third kappa shape index (κ3) is 4.49. The topological polar surface area (TPSA) is 99.8 Å². The molecule has 0 bridgehead atoms. The fourth-order valence-corrected chi connectivity index (χ4v) is 4.27. The van der Waals surface area contributed by atoms with Crippen molar-refractivity contribution in [1.82, 2.24) is 9.97 Å². The highest BCUT2D eigenvalue weighted by atomic mass is 35.5. The van der Waals surface area contributed by atoms with E-state index in [4.69, 9.17) is 42.4 Å². The molecule has 170 valence electrons. The molecule has 1 aliphatic rings. The van der Waals surface area contributed by atoms with Crippen LogP contribution in [-0.4, -0.2) is 61.7 Å². The van der Waals surface area contributed by atoms with Gasteiger partial charge in [0.15, 0.2) is 0 Å². The molecule has 8 nitrogen and oxygen atoms in total. The number of fused-ring (bicyclic) bond motifs is 1. The van der Waals surface area contributed by atoms with Crippen LogP contribution in [0.25, 0.3) is 27.3 Å². The number of nitrogens with one attached hydrogen (secondary N) is 1. The van der Waals surface area contributed by atoms with Crippen molar-refractivity contribution in [3.05, 3.63) is 39.8 Å². The summed E-state index contributed by atoms with van der Waals surface area (Å²) in [6.07, 6.45) is 2.67. The summed E-state index contributed by atoms with van der Waals surface area (Å²) in [7, 11) is 3.03. The van der Waals surface area contributed by atoms with Gasteiger partial charge in [-0.2, -0.15) is 0 Å². The SMILES string of the molecule is COc1cc(OC)c(Cl)c(-c2cc3cnc(NC4CCOC4)cc3c([N-]CCO)n2)c1Cl. The van der Waals surface area contributed by atoms with Gasteiger partial charge in [0.2, 0.25) is 0 Å². The summed E-state index contributed by atoms with van der Waals surface area (Å²) >= 11 is 13.2. The second-order valence-corrected chi connectivity index (χ2v) is 7.97. The number of hydrogen-bond acceptors (Lipinski definition) is 7. The molecule has 0 amide bonds. The second kappa shape index (κ2) is 9.95. The van der Waals surface area contributed by atoms with Crippen molar-refractivity contribution >= 4 is 45.6 Å². The number of hydrogen-bond donors (Lipinski definition) is 2. The highest BCUT2D eigenvalue weighted by Gasteiger charge is 2.19. The number of nitrogens with zero attached hydrogens (tertiary/aromatic N) is 3. The van der Waals surface area contributed by atoms with Crippen LogP contribution in [-0.2, 0) is 4.74 Å². The van der Waals surface area contributed by atoms with Crippen LogP contribution in [0, 0.1) is 0 Å². The lowest BCUT2D eigenvalue weighted by atomic mass is 10.1. The number of benzene rings is 1. The third-order valence-corrected chi connectivity index (χ3v) is 5.92. The number of ether oxygens (including phenoxy) is 3. The van der Waals surface area contributed by atoms with Crippen LogP contribution in [0.15, 0.2) is 24.4 Å². The fraction of sp³-hybridized carbons (Fsp3) is 0.364. The number of aliphatic hydroxyl groups is 1. The van der Waals surface area contributed by atoms with E-state index in [1.807, 2.05) is 12.1 Å². The summed E-state index contributed by atoms with van der Waals surface area (Å²) in [4.78, 5) is 9.25. The Kier molecular flexibility index (Phi) is 7.05. The molecule has 1 fully saturated rings. The zero-order valence-corrected chi connectivity index (χ0v) is 19.2. The third-order valence-electron chi connectivity index (χ3n) is 5.17. The molecule has 2 N–H and O–H groups in total. The summed E-state index contributed by atoms with van der Waals surface area (Å²) in [5, 5.41) is 19.4. The zero-order valence-electron chi connectivity index (χ0n) is 17.7. The first-order valence-corrected chi connectivity index (χ1v) is 10.8. The van der Waals surface area contributed by atoms with Crippen LogP contribution in [0.4, 0.5) is 11.6 Å². The van der Waals surface area contributed by atoms with Gasteiger partial charge in [-0.3, -0.25) is 0 Å². The van der Waals surface area contributed by atoms with Gasteiger partial charge in [-0.1, -0.05) is 29.0 Å². The first-order chi connectivity index (χ1) is 15.5. The molecule has 0 aliphatic carbocycles. The van der Waals surface area contributed by atoms with Crippen molar-refractivity contribution in [3.8, 4) is 22.8 Å². The van der Waals surface area contributed by atoms with Crippen molar-refractivity contribution in [2.45, 2.75) is 12.5 Å². The minimum Gasteiger partial charge on any atom is -0.495 e. The van der Waals surface area contributed by atoms with Crippen molar-refractivity contribution in [3.63, 3.8) is 0 Å². The van der Waals surface area contributed by atoms with E-state index in [-0.39, 0.29) is 19.2 Å². The summed E-state index contributed by atoms with van der Waals surface area (Å²) in [5.74, 6) is 1.99. The molecule has 4 rings (SSSR count). The zero-order chi connectivity index (χ0) is 22.7. The maximum atomic E-state index is 9.32. The summed E-state index contributed by atoms with van der Waals surface area (Å²) in [6.45, 7) is 1.49. The van der Waals surface area contributed by atoms with Crippen molar-refractivity contribution in [2.24, 2.45) is 0 Å². The molecular formula is C22H23Cl2N4O4-. The Morgan fingerprint density at radius 1 is 1.19 bits per heavy atom. The Morgan fingerprint density at radius 2 is 1.94 bits per heavy atom. The van der Waals surface area contributed by atoms with Gasteiger partial charge in [0.1, 0.15) is 17.3 Å². The van der Waals surface area contributed by atoms with Crippen molar-refractivity contribution in [1.29, 1.82) is 0 Å². The van der Waals surface area contributed by atoms with Gasteiger partial charge in [-0.15, -0.1) is 0 Å². The molecule has 1 atom stereocenters. The van der Waals surface area contributed by atoms with E-state index in [1.54, 1.807) is 12.3 Å². The summed E-state index contributed by atoms with van der Waals surface area (Å²) < 4.78 is 16.2. The molecule has 1 aliphatic heterocycles. The Labute approximate surface area is 195 Å². The minimum absolute atomic E-state index is 0.0997. The maximum absolute atomic E-state index is 9.32. The largest absolute Gasteiger partial charge is 0.495 e. The van der Waals surface area contributed by atoms with Crippen LogP contribution in [0.5, 0.6) is 11.5 Å². The van der Waals surface area contributed by atoms with E-state index in [1.165, 1.54) is 14.2 Å². The average Bonchev–Trinajstić information content (AvgIpc) is 3.31. The summed E-state index contributed by atoms with van der Waals surface area (Å²) in [6, 6.07) is 5.58. The Morgan fingerprint density at radius 3 is 2.56 bits per heavy atom. The van der Waals surface area contributed by atoms with Crippen molar-refractivity contribution in [2.75, 3.05) is 45.9 Å². The quantitative estimate of drug-likeness (QED) is 0.479. The molecule has 3 aromatic rings. The molecule has 3 heterocycles. The standard InChI is InChI=1S/C22H23Cl2N4O4/c1-30-16-9-17(31-2)21(24)19(20(16)23)15-7-12-10-26-18(27-13-3-6-32-11-13)8-14(12)22(28-15)25-4-5-29/h7-10,13,29H,3-6,11H2,1-2H3,(H-,25,26,27,28)/q-1.